The normalized spacial score (nSPS) is 9.83. The summed E-state index contributed by atoms with van der Waals surface area (Å²) in [4.78, 5) is 23.4. The van der Waals surface area contributed by atoms with E-state index in [2.05, 4.69) is 16.0 Å². The quantitative estimate of drug-likeness (QED) is 0.793. The van der Waals surface area contributed by atoms with Gasteiger partial charge in [-0.2, -0.15) is 0 Å². The zero-order valence-electron chi connectivity index (χ0n) is 12.4. The molecule has 0 heterocycles. The molecule has 7 heteroatoms. The van der Waals surface area contributed by atoms with E-state index in [9.17, 15) is 14.0 Å². The molecular formula is C16H16FN3O3. The molecule has 0 bridgehead atoms. The number of carbonyl (C=O) groups is 2. The van der Waals surface area contributed by atoms with Crippen LogP contribution in [0.15, 0.2) is 48.5 Å². The molecule has 0 saturated carbocycles. The average Bonchev–Trinajstić information content (AvgIpc) is 2.53. The van der Waals surface area contributed by atoms with E-state index in [0.717, 1.165) is 0 Å². The second-order valence-corrected chi connectivity index (χ2v) is 4.60. The van der Waals surface area contributed by atoms with E-state index in [1.807, 2.05) is 0 Å². The lowest BCUT2D eigenvalue weighted by Crippen LogP contribution is -2.35. The van der Waals surface area contributed by atoms with Gasteiger partial charge in [-0.25, -0.2) is 9.18 Å². The number of urea groups is 1. The van der Waals surface area contributed by atoms with E-state index in [0.29, 0.717) is 17.1 Å². The zero-order valence-corrected chi connectivity index (χ0v) is 12.4. The first-order valence-electron chi connectivity index (χ1n) is 6.81. The third-order valence-electron chi connectivity index (χ3n) is 2.85. The number of hydrogen-bond donors (Lipinski definition) is 3. The van der Waals surface area contributed by atoms with Gasteiger partial charge in [0.2, 0.25) is 5.91 Å². The Morgan fingerprint density at radius 2 is 1.74 bits per heavy atom. The van der Waals surface area contributed by atoms with Gasteiger partial charge in [0.25, 0.3) is 0 Å². The maximum Gasteiger partial charge on any atom is 0.319 e. The molecule has 3 N–H and O–H groups in total. The molecule has 2 rings (SSSR count). The van der Waals surface area contributed by atoms with Gasteiger partial charge in [0, 0.05) is 17.4 Å². The Kier molecular flexibility index (Phi) is 5.51. The highest BCUT2D eigenvalue weighted by atomic mass is 19.1. The van der Waals surface area contributed by atoms with Gasteiger partial charge in [-0.15, -0.1) is 0 Å². The van der Waals surface area contributed by atoms with E-state index in [1.54, 1.807) is 30.3 Å². The molecule has 120 valence electrons. The van der Waals surface area contributed by atoms with E-state index in [1.165, 1.54) is 25.3 Å². The minimum Gasteiger partial charge on any atom is -0.497 e. The van der Waals surface area contributed by atoms with Crippen LogP contribution in [0.3, 0.4) is 0 Å². The van der Waals surface area contributed by atoms with Gasteiger partial charge in [-0.05, 0) is 30.3 Å². The second-order valence-electron chi connectivity index (χ2n) is 4.60. The van der Waals surface area contributed by atoms with Gasteiger partial charge in [0.15, 0.2) is 0 Å². The number of ether oxygens (including phenoxy) is 1. The fraction of sp³-hybridized carbons (Fsp3) is 0.125. The number of nitrogens with one attached hydrogen (secondary N) is 3. The van der Waals surface area contributed by atoms with Crippen molar-refractivity contribution in [2.24, 2.45) is 0 Å². The SMILES string of the molecule is COc1cccc(NC(=O)NCC(=O)Nc2cccc(F)c2)c1. The number of rotatable bonds is 5. The lowest BCUT2D eigenvalue weighted by Gasteiger charge is -2.09. The summed E-state index contributed by atoms with van der Waals surface area (Å²) in [7, 11) is 1.52. The maximum absolute atomic E-state index is 13.0. The molecule has 0 aliphatic heterocycles. The number of methoxy groups -OCH3 is 1. The number of benzene rings is 2. The van der Waals surface area contributed by atoms with Gasteiger partial charge < -0.3 is 20.7 Å². The maximum atomic E-state index is 13.0. The van der Waals surface area contributed by atoms with Crippen LogP contribution in [0, 0.1) is 5.82 Å². The second kappa shape index (κ2) is 7.79. The van der Waals surface area contributed by atoms with Crippen LogP contribution in [0.25, 0.3) is 0 Å². The first-order valence-corrected chi connectivity index (χ1v) is 6.81. The highest BCUT2D eigenvalue weighted by molar-refractivity contribution is 5.96. The summed E-state index contributed by atoms with van der Waals surface area (Å²) in [6.07, 6.45) is 0. The van der Waals surface area contributed by atoms with Gasteiger partial charge in [0.1, 0.15) is 11.6 Å². The number of anilines is 2. The molecular weight excluding hydrogens is 301 g/mol. The number of carbonyl (C=O) groups excluding carboxylic acids is 2. The first kappa shape index (κ1) is 16.3. The van der Waals surface area contributed by atoms with Crippen molar-refractivity contribution in [2.75, 3.05) is 24.3 Å². The summed E-state index contributed by atoms with van der Waals surface area (Å²) >= 11 is 0. The van der Waals surface area contributed by atoms with Crippen molar-refractivity contribution in [2.45, 2.75) is 0 Å². The van der Waals surface area contributed by atoms with Gasteiger partial charge >= 0.3 is 6.03 Å². The van der Waals surface area contributed by atoms with Crippen LogP contribution in [-0.2, 0) is 4.79 Å². The number of hydrogen-bond acceptors (Lipinski definition) is 3. The minimum atomic E-state index is -0.535. The first-order chi connectivity index (χ1) is 11.1. The molecule has 0 spiro atoms. The largest absolute Gasteiger partial charge is 0.497 e. The Hall–Kier alpha value is -3.09. The van der Waals surface area contributed by atoms with Crippen molar-refractivity contribution in [1.29, 1.82) is 0 Å². The third kappa shape index (κ3) is 5.31. The molecule has 0 aromatic heterocycles. The lowest BCUT2D eigenvalue weighted by atomic mass is 10.3. The number of amides is 3. The highest BCUT2D eigenvalue weighted by Crippen LogP contribution is 2.16. The Morgan fingerprint density at radius 1 is 1.04 bits per heavy atom. The van der Waals surface area contributed by atoms with Gasteiger partial charge in [0.05, 0.1) is 13.7 Å². The molecule has 23 heavy (non-hydrogen) atoms. The summed E-state index contributed by atoms with van der Waals surface area (Å²) in [5.74, 6) is -0.311. The monoisotopic (exact) mass is 317 g/mol. The summed E-state index contributed by atoms with van der Waals surface area (Å²) < 4.78 is 18.0. The van der Waals surface area contributed by atoms with E-state index < -0.39 is 17.8 Å². The molecule has 0 atom stereocenters. The summed E-state index contributed by atoms with van der Waals surface area (Å²) in [5.41, 5.74) is 0.859. The van der Waals surface area contributed by atoms with Crippen molar-refractivity contribution in [3.63, 3.8) is 0 Å². The van der Waals surface area contributed by atoms with Crippen LogP contribution in [-0.4, -0.2) is 25.6 Å². The van der Waals surface area contributed by atoms with Crippen molar-refractivity contribution in [3.05, 3.63) is 54.3 Å². The standard InChI is InChI=1S/C16H16FN3O3/c1-23-14-7-3-6-13(9-14)20-16(22)18-10-15(21)19-12-5-2-4-11(17)8-12/h2-9H,10H2,1H3,(H,19,21)(H2,18,20,22). The molecule has 2 aromatic rings. The Morgan fingerprint density at radius 3 is 2.43 bits per heavy atom. The summed E-state index contributed by atoms with van der Waals surface area (Å²) in [6.45, 7) is -0.244. The van der Waals surface area contributed by atoms with Crippen LogP contribution in [0.2, 0.25) is 0 Å². The average molecular weight is 317 g/mol. The van der Waals surface area contributed by atoms with Crippen LogP contribution in [0.4, 0.5) is 20.6 Å². The third-order valence-corrected chi connectivity index (χ3v) is 2.85. The predicted octanol–water partition coefficient (Wildman–Crippen LogP) is 2.59. The van der Waals surface area contributed by atoms with Crippen LogP contribution in [0.5, 0.6) is 5.75 Å². The molecule has 0 saturated heterocycles. The molecule has 0 radical (unpaired) electrons. The summed E-state index contributed by atoms with van der Waals surface area (Å²) in [5, 5.41) is 7.46. The zero-order chi connectivity index (χ0) is 16.7. The van der Waals surface area contributed by atoms with Crippen molar-refractivity contribution in [3.8, 4) is 5.75 Å². The minimum absolute atomic E-state index is 0.244. The molecule has 0 aliphatic rings. The smallest absolute Gasteiger partial charge is 0.319 e. The Bertz CT molecular complexity index is 706. The van der Waals surface area contributed by atoms with Crippen molar-refractivity contribution < 1.29 is 18.7 Å². The molecule has 3 amide bonds. The molecule has 0 fully saturated rings. The van der Waals surface area contributed by atoms with E-state index >= 15 is 0 Å². The molecule has 2 aromatic carbocycles. The van der Waals surface area contributed by atoms with Crippen LogP contribution >= 0.6 is 0 Å². The van der Waals surface area contributed by atoms with Gasteiger partial charge in [-0.1, -0.05) is 12.1 Å². The van der Waals surface area contributed by atoms with E-state index in [-0.39, 0.29) is 6.54 Å². The summed E-state index contributed by atoms with van der Waals surface area (Å²) in [6, 6.07) is 11.8. The van der Waals surface area contributed by atoms with Crippen molar-refractivity contribution in [1.82, 2.24) is 5.32 Å². The van der Waals surface area contributed by atoms with Gasteiger partial charge in [-0.3, -0.25) is 4.79 Å². The number of halogens is 1. The van der Waals surface area contributed by atoms with Crippen LogP contribution in [0.1, 0.15) is 0 Å². The topological polar surface area (TPSA) is 79.5 Å². The molecule has 6 nitrogen and oxygen atoms in total. The Labute approximate surface area is 132 Å². The van der Waals surface area contributed by atoms with Crippen LogP contribution < -0.4 is 20.7 Å². The molecule has 0 unspecified atom stereocenters. The Balaban J connectivity index is 1.80. The lowest BCUT2D eigenvalue weighted by molar-refractivity contribution is -0.115. The fourth-order valence-electron chi connectivity index (χ4n) is 1.81. The highest BCUT2D eigenvalue weighted by Gasteiger charge is 2.07. The fourth-order valence-corrected chi connectivity index (χ4v) is 1.81. The van der Waals surface area contributed by atoms with Crippen molar-refractivity contribution >= 4 is 23.3 Å². The van der Waals surface area contributed by atoms with E-state index in [4.69, 9.17) is 4.74 Å². The molecule has 0 aliphatic carbocycles. The predicted molar refractivity (Wildman–Crippen MR) is 85.0 cm³/mol.